The molecule has 0 aromatic carbocycles. The Morgan fingerprint density at radius 3 is 2.87 bits per heavy atom. The zero-order valence-corrected chi connectivity index (χ0v) is 10.2. The molecule has 0 aliphatic rings. The largest absolute Gasteiger partial charge is 0.352 e. The molecule has 0 unspecified atom stereocenters. The second-order valence-corrected chi connectivity index (χ2v) is 5.03. The van der Waals surface area contributed by atoms with E-state index in [2.05, 4.69) is 30.6 Å². The maximum atomic E-state index is 11.3. The van der Waals surface area contributed by atoms with E-state index in [9.17, 15) is 4.79 Å². The van der Waals surface area contributed by atoms with Gasteiger partial charge < -0.3 is 5.32 Å². The van der Waals surface area contributed by atoms with Crippen LogP contribution in [0.5, 0.6) is 0 Å². The fourth-order valence-electron chi connectivity index (χ4n) is 1.27. The Hall–Kier alpha value is -1.09. The molecular weight excluding hydrogens is 206 g/mol. The van der Waals surface area contributed by atoms with Crippen LogP contribution in [0.2, 0.25) is 0 Å². The van der Waals surface area contributed by atoms with E-state index in [1.165, 1.54) is 4.88 Å². The first-order chi connectivity index (χ1) is 7.06. The third-order valence-electron chi connectivity index (χ3n) is 2.21. The van der Waals surface area contributed by atoms with E-state index in [0.29, 0.717) is 6.54 Å². The van der Waals surface area contributed by atoms with Gasteiger partial charge in [0.05, 0.1) is 0 Å². The molecule has 0 spiro atoms. The van der Waals surface area contributed by atoms with Gasteiger partial charge in [-0.3, -0.25) is 4.79 Å². The monoisotopic (exact) mass is 223 g/mol. The Labute approximate surface area is 95.0 Å². The summed E-state index contributed by atoms with van der Waals surface area (Å²) in [7, 11) is 0. The van der Waals surface area contributed by atoms with E-state index in [1.54, 1.807) is 23.5 Å². The lowest BCUT2D eigenvalue weighted by Gasteiger charge is -2.23. The number of allylic oxidation sites excluding steroid dienone is 1. The Kier molecular flexibility index (Phi) is 4.09. The second kappa shape index (κ2) is 5.12. The molecule has 82 valence electrons. The number of amides is 1. The van der Waals surface area contributed by atoms with Crippen molar-refractivity contribution in [2.24, 2.45) is 0 Å². The van der Waals surface area contributed by atoms with Crippen molar-refractivity contribution in [3.8, 4) is 0 Å². The van der Waals surface area contributed by atoms with Crippen molar-refractivity contribution < 1.29 is 4.79 Å². The number of carbonyl (C=O) groups is 1. The van der Waals surface area contributed by atoms with Gasteiger partial charge in [-0.1, -0.05) is 26.0 Å². The summed E-state index contributed by atoms with van der Waals surface area (Å²) in [5.41, 5.74) is 0.00537. The minimum Gasteiger partial charge on any atom is -0.352 e. The summed E-state index contributed by atoms with van der Waals surface area (Å²) >= 11 is 1.73. The van der Waals surface area contributed by atoms with Gasteiger partial charge in [-0.05, 0) is 24.4 Å². The summed E-state index contributed by atoms with van der Waals surface area (Å²) in [4.78, 5) is 12.6. The number of hydrogen-bond acceptors (Lipinski definition) is 2. The van der Waals surface area contributed by atoms with Crippen molar-refractivity contribution in [1.29, 1.82) is 0 Å². The van der Waals surface area contributed by atoms with E-state index in [-0.39, 0.29) is 11.3 Å². The molecule has 0 atom stereocenters. The molecule has 3 heteroatoms. The van der Waals surface area contributed by atoms with Crippen molar-refractivity contribution in [3.05, 3.63) is 34.5 Å². The minimum atomic E-state index is -0.0258. The molecule has 1 aromatic heterocycles. The topological polar surface area (TPSA) is 29.1 Å². The van der Waals surface area contributed by atoms with Crippen LogP contribution in [0.3, 0.4) is 0 Å². The Morgan fingerprint density at radius 2 is 2.33 bits per heavy atom. The number of thiophene rings is 1. The highest BCUT2D eigenvalue weighted by Crippen LogP contribution is 2.26. The van der Waals surface area contributed by atoms with Crippen molar-refractivity contribution in [1.82, 2.24) is 5.32 Å². The Morgan fingerprint density at radius 1 is 1.60 bits per heavy atom. The first kappa shape index (κ1) is 12.0. The van der Waals surface area contributed by atoms with Crippen LogP contribution in [0.4, 0.5) is 0 Å². The van der Waals surface area contributed by atoms with Crippen LogP contribution in [0.25, 0.3) is 0 Å². The fourth-order valence-corrected chi connectivity index (χ4v) is 2.12. The van der Waals surface area contributed by atoms with Crippen LogP contribution in [0.15, 0.2) is 29.7 Å². The summed E-state index contributed by atoms with van der Waals surface area (Å²) in [5.74, 6) is -0.0258. The highest BCUT2D eigenvalue weighted by atomic mass is 32.1. The Bertz CT molecular complexity index is 339. The SMILES string of the molecule is C/C=C/C(=O)NCC(C)(C)c1cccs1. The summed E-state index contributed by atoms with van der Waals surface area (Å²) < 4.78 is 0. The maximum absolute atomic E-state index is 11.3. The molecule has 1 aromatic rings. The lowest BCUT2D eigenvalue weighted by molar-refractivity contribution is -0.116. The van der Waals surface area contributed by atoms with Crippen molar-refractivity contribution in [3.63, 3.8) is 0 Å². The quantitative estimate of drug-likeness (QED) is 0.781. The van der Waals surface area contributed by atoms with Crippen LogP contribution >= 0.6 is 11.3 Å². The standard InChI is InChI=1S/C12H17NOS/c1-4-6-11(14)13-9-12(2,3)10-7-5-8-15-10/h4-8H,9H2,1-3H3,(H,13,14)/b6-4+. The predicted octanol–water partition coefficient (Wildman–Crippen LogP) is 2.72. The first-order valence-electron chi connectivity index (χ1n) is 5.01. The smallest absolute Gasteiger partial charge is 0.243 e. The van der Waals surface area contributed by atoms with E-state index >= 15 is 0 Å². The van der Waals surface area contributed by atoms with Gasteiger partial charge in [0.15, 0.2) is 0 Å². The average Bonchev–Trinajstić information content (AvgIpc) is 2.69. The van der Waals surface area contributed by atoms with E-state index < -0.39 is 0 Å². The van der Waals surface area contributed by atoms with Gasteiger partial charge >= 0.3 is 0 Å². The molecule has 0 radical (unpaired) electrons. The average molecular weight is 223 g/mol. The molecule has 2 nitrogen and oxygen atoms in total. The highest BCUT2D eigenvalue weighted by molar-refractivity contribution is 7.10. The second-order valence-electron chi connectivity index (χ2n) is 4.08. The van der Waals surface area contributed by atoms with Gasteiger partial charge in [0.25, 0.3) is 0 Å². The number of rotatable bonds is 4. The maximum Gasteiger partial charge on any atom is 0.243 e. The van der Waals surface area contributed by atoms with Crippen LogP contribution in [-0.2, 0) is 10.2 Å². The molecule has 1 N–H and O–H groups in total. The summed E-state index contributed by atoms with van der Waals surface area (Å²) in [6, 6.07) is 4.14. The molecule has 1 amide bonds. The van der Waals surface area contributed by atoms with Crippen molar-refractivity contribution in [2.75, 3.05) is 6.54 Å². The minimum absolute atomic E-state index is 0.00537. The molecule has 15 heavy (non-hydrogen) atoms. The molecule has 0 aliphatic carbocycles. The van der Waals surface area contributed by atoms with Crippen LogP contribution in [-0.4, -0.2) is 12.5 Å². The van der Waals surface area contributed by atoms with Gasteiger partial charge in [0, 0.05) is 16.8 Å². The fraction of sp³-hybridized carbons (Fsp3) is 0.417. The van der Waals surface area contributed by atoms with Gasteiger partial charge in [0.2, 0.25) is 5.91 Å². The molecule has 0 saturated heterocycles. The van der Waals surface area contributed by atoms with Gasteiger partial charge in [-0.25, -0.2) is 0 Å². The van der Waals surface area contributed by atoms with Gasteiger partial charge in [0.1, 0.15) is 0 Å². The summed E-state index contributed by atoms with van der Waals surface area (Å²) in [5, 5.41) is 4.95. The summed E-state index contributed by atoms with van der Waals surface area (Å²) in [6.45, 7) is 6.77. The van der Waals surface area contributed by atoms with E-state index in [4.69, 9.17) is 0 Å². The van der Waals surface area contributed by atoms with Gasteiger partial charge in [-0.2, -0.15) is 0 Å². The third kappa shape index (κ3) is 3.51. The lowest BCUT2D eigenvalue weighted by Crippen LogP contribution is -2.35. The molecule has 0 saturated carbocycles. The number of nitrogens with one attached hydrogen (secondary N) is 1. The van der Waals surface area contributed by atoms with E-state index in [0.717, 1.165) is 0 Å². The predicted molar refractivity (Wildman–Crippen MR) is 65.2 cm³/mol. The normalized spacial score (nSPS) is 11.9. The van der Waals surface area contributed by atoms with Crippen molar-refractivity contribution in [2.45, 2.75) is 26.2 Å². The zero-order valence-electron chi connectivity index (χ0n) is 9.41. The van der Waals surface area contributed by atoms with Crippen LogP contribution < -0.4 is 5.32 Å². The number of carbonyl (C=O) groups excluding carboxylic acids is 1. The van der Waals surface area contributed by atoms with Crippen LogP contribution in [0.1, 0.15) is 25.6 Å². The van der Waals surface area contributed by atoms with E-state index in [1.807, 2.05) is 13.0 Å². The molecular formula is C12H17NOS. The summed E-state index contributed by atoms with van der Waals surface area (Å²) in [6.07, 6.45) is 3.29. The highest BCUT2D eigenvalue weighted by Gasteiger charge is 2.21. The molecule has 0 aliphatic heterocycles. The number of hydrogen-bond donors (Lipinski definition) is 1. The zero-order chi connectivity index (χ0) is 11.3. The van der Waals surface area contributed by atoms with Crippen molar-refractivity contribution >= 4 is 17.2 Å². The first-order valence-corrected chi connectivity index (χ1v) is 5.89. The molecule has 0 fully saturated rings. The Balaban J connectivity index is 2.54. The third-order valence-corrected chi connectivity index (χ3v) is 3.45. The lowest BCUT2D eigenvalue weighted by atomic mass is 9.91. The molecule has 1 rings (SSSR count). The molecule has 0 bridgehead atoms. The van der Waals surface area contributed by atoms with Crippen LogP contribution in [0, 0.1) is 0 Å². The molecule has 1 heterocycles. The van der Waals surface area contributed by atoms with Gasteiger partial charge in [-0.15, -0.1) is 11.3 Å².